The van der Waals surface area contributed by atoms with Crippen LogP contribution in [0.1, 0.15) is 19.7 Å². The number of para-hydroxylation sites is 1. The van der Waals surface area contributed by atoms with Gasteiger partial charge in [-0.15, -0.1) is 0 Å². The van der Waals surface area contributed by atoms with E-state index in [4.69, 9.17) is 5.11 Å². The van der Waals surface area contributed by atoms with E-state index in [2.05, 4.69) is 15.3 Å². The number of pyridine rings is 1. The molecular formula is C16H18N4O4. The lowest BCUT2D eigenvalue weighted by Gasteiger charge is -2.20. The molecule has 0 radical (unpaired) electrons. The minimum Gasteiger partial charge on any atom is -0.465 e. The fraction of sp³-hybridized carbons (Fsp3) is 0.312. The van der Waals surface area contributed by atoms with Gasteiger partial charge >= 0.3 is 6.09 Å². The molecule has 8 nitrogen and oxygen atoms in total. The van der Waals surface area contributed by atoms with E-state index in [0.29, 0.717) is 22.4 Å². The molecule has 1 aromatic carbocycles. The van der Waals surface area contributed by atoms with Gasteiger partial charge in [-0.1, -0.05) is 18.2 Å². The first-order chi connectivity index (χ1) is 11.3. The summed E-state index contributed by atoms with van der Waals surface area (Å²) in [6.45, 7) is 3.16. The van der Waals surface area contributed by atoms with Gasteiger partial charge in [0.05, 0.1) is 23.2 Å². The molecule has 24 heavy (non-hydrogen) atoms. The normalized spacial score (nSPS) is 12.0. The van der Waals surface area contributed by atoms with Crippen LogP contribution in [0.3, 0.4) is 0 Å². The zero-order valence-electron chi connectivity index (χ0n) is 13.3. The minimum absolute atomic E-state index is 0.0976. The second-order valence-electron chi connectivity index (χ2n) is 6.19. The van der Waals surface area contributed by atoms with E-state index in [-0.39, 0.29) is 19.0 Å². The number of nitrogens with zero attached hydrogens (tertiary/aromatic N) is 3. The number of imidazole rings is 1. The highest BCUT2D eigenvalue weighted by atomic mass is 16.4. The van der Waals surface area contributed by atoms with Crippen LogP contribution >= 0.6 is 0 Å². The number of aliphatic hydroxyl groups is 2. The first kappa shape index (κ1) is 16.2. The van der Waals surface area contributed by atoms with Gasteiger partial charge in [-0.2, -0.15) is 0 Å². The Hall–Kier alpha value is -2.71. The summed E-state index contributed by atoms with van der Waals surface area (Å²) in [6, 6.07) is 7.25. The summed E-state index contributed by atoms with van der Waals surface area (Å²) < 4.78 is 1.70. The van der Waals surface area contributed by atoms with E-state index in [9.17, 15) is 15.0 Å². The van der Waals surface area contributed by atoms with Crippen molar-refractivity contribution in [2.75, 3.05) is 5.32 Å². The van der Waals surface area contributed by atoms with Crippen LogP contribution in [0.2, 0.25) is 0 Å². The first-order valence-electron chi connectivity index (χ1n) is 7.41. The van der Waals surface area contributed by atoms with Crippen molar-refractivity contribution >= 4 is 33.8 Å². The van der Waals surface area contributed by atoms with Crippen molar-refractivity contribution in [2.45, 2.75) is 32.6 Å². The van der Waals surface area contributed by atoms with Crippen LogP contribution in [-0.2, 0) is 13.2 Å². The highest BCUT2D eigenvalue weighted by molar-refractivity contribution is 6.08. The lowest BCUT2D eigenvalue weighted by Crippen LogP contribution is -2.27. The Morgan fingerprint density at radius 1 is 1.29 bits per heavy atom. The van der Waals surface area contributed by atoms with Crippen LogP contribution in [0.15, 0.2) is 24.3 Å². The van der Waals surface area contributed by atoms with Crippen LogP contribution in [0.5, 0.6) is 0 Å². The second-order valence-corrected chi connectivity index (χ2v) is 6.19. The number of nitrogens with one attached hydrogen (secondary N) is 1. The first-order valence-corrected chi connectivity index (χ1v) is 7.41. The third kappa shape index (κ3) is 2.89. The maximum atomic E-state index is 11.1. The molecule has 0 saturated carbocycles. The van der Waals surface area contributed by atoms with Gasteiger partial charge in [0.15, 0.2) is 5.82 Å². The molecule has 2 heterocycles. The summed E-state index contributed by atoms with van der Waals surface area (Å²) in [5.41, 5.74) is 0.512. The minimum atomic E-state index is -1.25. The van der Waals surface area contributed by atoms with Crippen molar-refractivity contribution in [3.05, 3.63) is 30.1 Å². The number of carbonyl (C=O) groups is 1. The molecule has 3 aromatic rings. The molecule has 2 aromatic heterocycles. The number of carboxylic acid groups (broad SMARTS) is 1. The zero-order chi connectivity index (χ0) is 17.5. The lowest BCUT2D eigenvalue weighted by molar-refractivity contribution is 0.0607. The van der Waals surface area contributed by atoms with Crippen LogP contribution in [0.25, 0.3) is 21.9 Å². The third-order valence-corrected chi connectivity index (χ3v) is 3.57. The van der Waals surface area contributed by atoms with E-state index >= 15 is 0 Å². The quantitative estimate of drug-likeness (QED) is 0.580. The average molecular weight is 330 g/mol. The average Bonchev–Trinajstić information content (AvgIpc) is 2.84. The van der Waals surface area contributed by atoms with Crippen molar-refractivity contribution in [3.8, 4) is 0 Å². The van der Waals surface area contributed by atoms with E-state index in [1.807, 2.05) is 12.1 Å². The van der Waals surface area contributed by atoms with Crippen LogP contribution in [0, 0.1) is 0 Å². The van der Waals surface area contributed by atoms with Gasteiger partial charge in [0.1, 0.15) is 17.9 Å². The highest BCUT2D eigenvalue weighted by Gasteiger charge is 2.23. The summed E-state index contributed by atoms with van der Waals surface area (Å²) in [5, 5.41) is 31.9. The maximum absolute atomic E-state index is 11.1. The molecule has 0 saturated heterocycles. The van der Waals surface area contributed by atoms with E-state index in [1.54, 1.807) is 30.5 Å². The van der Waals surface area contributed by atoms with Crippen LogP contribution in [0.4, 0.5) is 10.6 Å². The van der Waals surface area contributed by atoms with Crippen molar-refractivity contribution in [1.29, 1.82) is 0 Å². The van der Waals surface area contributed by atoms with Crippen molar-refractivity contribution in [2.24, 2.45) is 0 Å². The Bertz CT molecular complexity index is 927. The Balaban J connectivity index is 2.41. The van der Waals surface area contributed by atoms with Gasteiger partial charge in [-0.05, 0) is 19.9 Å². The predicted octanol–water partition coefficient (Wildman–Crippen LogP) is 1.94. The van der Waals surface area contributed by atoms with Crippen molar-refractivity contribution in [3.63, 3.8) is 0 Å². The lowest BCUT2D eigenvalue weighted by atomic mass is 10.1. The highest BCUT2D eigenvalue weighted by Crippen LogP contribution is 2.31. The summed E-state index contributed by atoms with van der Waals surface area (Å²) in [7, 11) is 0. The molecule has 4 N–H and O–H groups in total. The van der Waals surface area contributed by atoms with Gasteiger partial charge in [0, 0.05) is 5.39 Å². The molecular weight excluding hydrogens is 312 g/mol. The zero-order valence-corrected chi connectivity index (χ0v) is 13.3. The fourth-order valence-electron chi connectivity index (χ4n) is 2.75. The van der Waals surface area contributed by atoms with Gasteiger partial charge in [-0.25, -0.2) is 14.8 Å². The molecule has 0 aliphatic rings. The van der Waals surface area contributed by atoms with Gasteiger partial charge < -0.3 is 19.9 Å². The summed E-state index contributed by atoms with van der Waals surface area (Å²) in [4.78, 5) is 19.7. The Kier molecular flexibility index (Phi) is 3.86. The summed E-state index contributed by atoms with van der Waals surface area (Å²) in [6.07, 6.45) is -1.25. The molecule has 0 aliphatic carbocycles. The molecule has 8 heteroatoms. The number of hydrogen-bond donors (Lipinski definition) is 4. The molecule has 0 spiro atoms. The van der Waals surface area contributed by atoms with E-state index in [1.165, 1.54) is 0 Å². The van der Waals surface area contributed by atoms with Crippen molar-refractivity contribution in [1.82, 2.24) is 14.5 Å². The molecule has 0 bridgehead atoms. The number of amides is 1. The monoisotopic (exact) mass is 330 g/mol. The Morgan fingerprint density at radius 2 is 2.00 bits per heavy atom. The number of rotatable bonds is 4. The fourth-order valence-corrected chi connectivity index (χ4v) is 2.75. The third-order valence-electron chi connectivity index (χ3n) is 3.57. The molecule has 0 unspecified atom stereocenters. The van der Waals surface area contributed by atoms with Crippen molar-refractivity contribution < 1.29 is 20.1 Å². The molecule has 1 amide bonds. The van der Waals surface area contributed by atoms with Gasteiger partial charge in [0.2, 0.25) is 0 Å². The Labute approximate surface area is 137 Å². The molecule has 0 fully saturated rings. The topological polar surface area (TPSA) is 120 Å². The number of benzene rings is 1. The number of aliphatic hydroxyl groups excluding tert-OH is 1. The number of anilines is 1. The van der Waals surface area contributed by atoms with Crippen LogP contribution < -0.4 is 5.32 Å². The number of aromatic nitrogens is 3. The van der Waals surface area contributed by atoms with Gasteiger partial charge in [-0.3, -0.25) is 5.32 Å². The number of hydrogen-bond acceptors (Lipinski definition) is 5. The molecule has 0 atom stereocenters. The summed E-state index contributed by atoms with van der Waals surface area (Å²) >= 11 is 0. The maximum Gasteiger partial charge on any atom is 0.410 e. The number of fused-ring (bicyclic) bond motifs is 3. The smallest absolute Gasteiger partial charge is 0.410 e. The second kappa shape index (κ2) is 5.73. The van der Waals surface area contributed by atoms with E-state index in [0.717, 1.165) is 5.39 Å². The molecule has 3 rings (SSSR count). The Morgan fingerprint density at radius 3 is 2.62 bits per heavy atom. The SMILES string of the molecule is CC(C)(O)Cn1c(CO)nc2c(NC(=O)O)nc3ccccc3c21. The standard InChI is InChI=1S/C16H18N4O4/c1-16(2,24)8-20-11(7-21)18-12-13(20)9-5-3-4-6-10(9)17-14(12)19-15(22)23/h3-6,21,24H,7-8H2,1-2H3,(H,17,19)(H,22,23). The van der Waals surface area contributed by atoms with E-state index < -0.39 is 11.7 Å². The molecule has 126 valence electrons. The van der Waals surface area contributed by atoms with Crippen LogP contribution in [-0.4, -0.2) is 41.5 Å². The molecule has 0 aliphatic heterocycles. The largest absolute Gasteiger partial charge is 0.465 e. The van der Waals surface area contributed by atoms with Gasteiger partial charge in [0.25, 0.3) is 0 Å². The summed E-state index contributed by atoms with van der Waals surface area (Å²) in [5.74, 6) is 0.430. The predicted molar refractivity (Wildman–Crippen MR) is 88.9 cm³/mol.